The van der Waals surface area contributed by atoms with E-state index in [4.69, 9.17) is 0 Å². The highest BCUT2D eigenvalue weighted by molar-refractivity contribution is 7.85. The maximum absolute atomic E-state index is 9.82. The minimum Gasteiger partial charge on any atom is -0.319 e. The van der Waals surface area contributed by atoms with E-state index in [2.05, 4.69) is 3.74 Å². The van der Waals surface area contributed by atoms with Crippen molar-refractivity contribution in [3.8, 4) is 0 Å². The Balaban J connectivity index is 3.75. The Morgan fingerprint density at radius 2 is 1.88 bits per heavy atom. The van der Waals surface area contributed by atoms with Gasteiger partial charge in [0.05, 0.1) is 6.26 Å². The average molecular weight is 163 g/mol. The molecule has 0 aliphatic heterocycles. The van der Waals surface area contributed by atoms with Crippen molar-refractivity contribution in [2.24, 2.45) is 0 Å². The summed E-state index contributed by atoms with van der Waals surface area (Å²) >= 11 is 0. The summed E-state index contributed by atoms with van der Waals surface area (Å²) in [5.74, 6) is 0. The second kappa shape index (κ2) is 2.60. The third-order valence-corrected chi connectivity index (χ3v) is 1.49. The van der Waals surface area contributed by atoms with Gasteiger partial charge in [-0.15, -0.1) is 0 Å². The van der Waals surface area contributed by atoms with Crippen LogP contribution in [0.25, 0.3) is 0 Å². The highest BCUT2D eigenvalue weighted by Crippen LogP contribution is 1.86. The maximum atomic E-state index is 9.82. The van der Waals surface area contributed by atoms with Crippen molar-refractivity contribution < 1.29 is 32.3 Å². The van der Waals surface area contributed by atoms with E-state index in [1.54, 1.807) is 0 Å². The van der Waals surface area contributed by atoms with E-state index in [0.29, 0.717) is 6.26 Å². The first kappa shape index (κ1) is 8.12. The van der Waals surface area contributed by atoms with Crippen LogP contribution in [-0.4, -0.2) is 14.7 Å². The van der Waals surface area contributed by atoms with Crippen LogP contribution in [0.3, 0.4) is 0 Å². The Morgan fingerprint density at radius 3 is 1.88 bits per heavy atom. The molecule has 0 spiro atoms. The van der Waals surface area contributed by atoms with Crippen LogP contribution < -0.4 is 9.32 Å². The molecule has 0 aliphatic carbocycles. The molecule has 0 rings (SSSR count). The molecule has 0 aromatic rings. The van der Waals surface area contributed by atoms with Crippen LogP contribution in [0, 0.1) is 10.8 Å². The fourth-order valence-corrected chi connectivity index (χ4v) is 0.841. The number of rotatable bonds is 2. The topological polar surface area (TPSA) is 89.5 Å². The Hall–Kier alpha value is 0.120. The molecule has 50 valence electrons. The van der Waals surface area contributed by atoms with Gasteiger partial charge in [0.1, 0.15) is 3.74 Å². The zero-order chi connectivity index (χ0) is 6.78. The molecule has 0 aromatic heterocycles. The number of hydrogen-bond donors (Lipinski definition) is 0. The van der Waals surface area contributed by atoms with Crippen LogP contribution in [0.4, 0.5) is 0 Å². The summed E-state index contributed by atoms with van der Waals surface area (Å²) in [6.45, 7) is 0. The number of hydrogen-bond acceptors (Lipinski definition) is 5. The molecule has 0 atom stereocenters. The summed E-state index contributed by atoms with van der Waals surface area (Å²) in [6, 6.07) is 0. The Morgan fingerprint density at radius 1 is 1.50 bits per heavy atom. The summed E-state index contributed by atoms with van der Waals surface area (Å²) in [7, 11) is -6.52. The molecule has 0 unspecified atom stereocenters. The molecule has 0 aliphatic rings. The van der Waals surface area contributed by atoms with E-state index in [9.17, 15) is 17.7 Å². The van der Waals surface area contributed by atoms with Crippen molar-refractivity contribution in [3.05, 3.63) is 0 Å². The van der Waals surface area contributed by atoms with Crippen LogP contribution in [0.2, 0.25) is 0 Å². The lowest BCUT2D eigenvalue weighted by Crippen LogP contribution is -2.35. The molecule has 0 saturated heterocycles. The predicted molar refractivity (Wildman–Crippen MR) is 15.9 cm³/mol. The summed E-state index contributed by atoms with van der Waals surface area (Å²) in [5, 5.41) is 0. The molecular weight excluding hydrogens is 160 g/mol. The van der Waals surface area contributed by atoms with Crippen molar-refractivity contribution in [1.82, 2.24) is 0 Å². The zero-order valence-electron chi connectivity index (χ0n) is 3.83. The average Bonchev–Trinajstić information content (AvgIpc) is 1.21. The summed E-state index contributed by atoms with van der Waals surface area (Å²) in [4.78, 5) is 0. The van der Waals surface area contributed by atoms with Gasteiger partial charge in [0.15, 0.2) is 0 Å². The van der Waals surface area contributed by atoms with Crippen molar-refractivity contribution in [2.75, 3.05) is 6.26 Å². The maximum Gasteiger partial charge on any atom is 0.362 e. The minimum atomic E-state index is -3.85. The van der Waals surface area contributed by atoms with E-state index in [1.807, 2.05) is 0 Å². The van der Waals surface area contributed by atoms with Crippen LogP contribution >= 0.6 is 0 Å². The van der Waals surface area contributed by atoms with Gasteiger partial charge in [-0.3, -0.25) is 0 Å². The summed E-state index contributed by atoms with van der Waals surface area (Å²) in [6.07, 6.45) is 0.632. The van der Waals surface area contributed by atoms with Crippen LogP contribution in [0.1, 0.15) is 0 Å². The van der Waals surface area contributed by atoms with E-state index < -0.39 is 20.9 Å². The molecule has 0 bridgehead atoms. The SMILES string of the molecule is CS(=O)(=O)O[Cl+2]([O-])[O-]. The van der Waals surface area contributed by atoms with Gasteiger partial charge >= 0.3 is 20.9 Å². The van der Waals surface area contributed by atoms with Gasteiger partial charge in [0, 0.05) is 0 Å². The molecule has 0 N–H and O–H groups in total. The van der Waals surface area contributed by atoms with Gasteiger partial charge in [-0.2, -0.15) is 8.42 Å². The highest BCUT2D eigenvalue weighted by Gasteiger charge is 2.18. The van der Waals surface area contributed by atoms with E-state index in [0.717, 1.165) is 0 Å². The van der Waals surface area contributed by atoms with Gasteiger partial charge in [0.25, 0.3) is 0 Å². The smallest absolute Gasteiger partial charge is 0.319 e. The quantitative estimate of drug-likeness (QED) is 0.433. The molecule has 8 heavy (non-hydrogen) atoms. The van der Waals surface area contributed by atoms with Crippen LogP contribution in [0.5, 0.6) is 0 Å². The molecule has 0 radical (unpaired) electrons. The first-order valence-electron chi connectivity index (χ1n) is 1.37. The summed E-state index contributed by atoms with van der Waals surface area (Å²) in [5.41, 5.74) is 0. The van der Waals surface area contributed by atoms with Crippen molar-refractivity contribution in [2.45, 2.75) is 0 Å². The normalized spacial score (nSPS) is 12.5. The third kappa shape index (κ3) is 6.12. The third-order valence-electron chi connectivity index (χ3n) is 0.166. The highest BCUT2D eigenvalue weighted by atomic mass is 35.6. The Labute approximate surface area is 49.4 Å². The molecular formula is CH3ClO5S. The van der Waals surface area contributed by atoms with Crippen molar-refractivity contribution in [1.29, 1.82) is 0 Å². The zero-order valence-corrected chi connectivity index (χ0v) is 5.40. The molecule has 0 saturated carbocycles. The lowest BCUT2D eigenvalue weighted by molar-refractivity contribution is -1.62. The second-order valence-corrected chi connectivity index (χ2v) is 3.25. The van der Waals surface area contributed by atoms with Crippen LogP contribution in [0.15, 0.2) is 0 Å². The van der Waals surface area contributed by atoms with Gasteiger partial charge in [-0.25, -0.2) is 0 Å². The van der Waals surface area contributed by atoms with Crippen molar-refractivity contribution >= 4 is 10.1 Å². The predicted octanol–water partition coefficient (Wildman–Crippen LogP) is -2.95. The molecule has 0 fully saturated rings. The van der Waals surface area contributed by atoms with Crippen molar-refractivity contribution in [3.63, 3.8) is 0 Å². The van der Waals surface area contributed by atoms with Crippen LogP contribution in [-0.2, 0) is 13.9 Å². The van der Waals surface area contributed by atoms with Gasteiger partial charge in [0.2, 0.25) is 0 Å². The van der Waals surface area contributed by atoms with E-state index >= 15 is 0 Å². The molecule has 0 aromatic carbocycles. The lowest BCUT2D eigenvalue weighted by Gasteiger charge is -1.87. The Bertz CT molecular complexity index is 146. The molecule has 7 heteroatoms. The monoisotopic (exact) mass is 162 g/mol. The first-order chi connectivity index (χ1) is 3.42. The van der Waals surface area contributed by atoms with Gasteiger partial charge in [-0.1, -0.05) is 0 Å². The Kier molecular flexibility index (Phi) is 2.64. The summed E-state index contributed by atoms with van der Waals surface area (Å²) < 4.78 is 41.7. The number of halogens is 1. The molecule has 5 nitrogen and oxygen atoms in total. The fourth-order valence-electron chi connectivity index (χ4n) is 0.0934. The lowest BCUT2D eigenvalue weighted by atomic mass is 12.0. The van der Waals surface area contributed by atoms with Gasteiger partial charge < -0.3 is 9.32 Å². The minimum absolute atomic E-state index is 0.632. The molecule has 0 heterocycles. The first-order valence-corrected chi connectivity index (χ1v) is 4.11. The standard InChI is InChI=1S/CH3ClO5S/c1-8(5,6)7-2(3)4/h1H3. The van der Waals surface area contributed by atoms with Gasteiger partial charge in [-0.05, 0) is 0 Å². The van der Waals surface area contributed by atoms with E-state index in [1.165, 1.54) is 0 Å². The molecule has 0 amide bonds. The van der Waals surface area contributed by atoms with E-state index in [-0.39, 0.29) is 0 Å². The fraction of sp³-hybridized carbons (Fsp3) is 1.00. The second-order valence-electron chi connectivity index (χ2n) is 0.956. The largest absolute Gasteiger partial charge is 0.362 e.